The Morgan fingerprint density at radius 1 is 1.29 bits per heavy atom. The first-order valence-corrected chi connectivity index (χ1v) is 8.33. The Morgan fingerprint density at radius 3 is 2.62 bits per heavy atom. The summed E-state index contributed by atoms with van der Waals surface area (Å²) >= 11 is 0. The molecular weight excluding hydrogens is 328 g/mol. The van der Waals surface area contributed by atoms with Crippen LogP contribution < -0.4 is 5.73 Å². The van der Waals surface area contributed by atoms with Crippen molar-refractivity contribution in [2.45, 2.75) is 31.6 Å². The molecular formula is C18H25ClN2O3. The van der Waals surface area contributed by atoms with Gasteiger partial charge in [0.1, 0.15) is 0 Å². The van der Waals surface area contributed by atoms with Crippen molar-refractivity contribution in [3.63, 3.8) is 0 Å². The molecule has 3 rings (SSSR count). The van der Waals surface area contributed by atoms with Crippen molar-refractivity contribution in [2.24, 2.45) is 17.1 Å². The van der Waals surface area contributed by atoms with Crippen molar-refractivity contribution in [2.75, 3.05) is 19.6 Å². The molecule has 24 heavy (non-hydrogen) atoms. The van der Waals surface area contributed by atoms with E-state index in [0.717, 1.165) is 12.8 Å². The van der Waals surface area contributed by atoms with Crippen LogP contribution >= 0.6 is 12.4 Å². The second-order valence-corrected chi connectivity index (χ2v) is 6.85. The lowest BCUT2D eigenvalue weighted by molar-refractivity contribution is -0.152. The lowest BCUT2D eigenvalue weighted by Crippen LogP contribution is -2.43. The van der Waals surface area contributed by atoms with Crippen molar-refractivity contribution in [3.05, 3.63) is 35.9 Å². The number of benzene rings is 1. The van der Waals surface area contributed by atoms with E-state index in [9.17, 15) is 14.7 Å². The molecule has 1 aromatic carbocycles. The zero-order valence-corrected chi connectivity index (χ0v) is 14.5. The average Bonchev–Trinajstić information content (AvgIpc) is 2.96. The predicted octanol–water partition coefficient (Wildman–Crippen LogP) is 2.25. The van der Waals surface area contributed by atoms with E-state index in [4.69, 9.17) is 5.73 Å². The Labute approximate surface area is 148 Å². The van der Waals surface area contributed by atoms with Crippen molar-refractivity contribution in [1.82, 2.24) is 4.90 Å². The molecule has 1 amide bonds. The standard InChI is InChI=1S/C18H24N2O3.ClH/c19-9-7-16(21)20-11-15-10-14(13-4-2-1-3-5-13)6-8-18(15,12-20)17(22)23;/h1-5,14-15H,6-12,19H2,(H,22,23);1H/t14-,15-,18-;/m0./s1. The summed E-state index contributed by atoms with van der Waals surface area (Å²) in [5.74, 6) is -0.352. The van der Waals surface area contributed by atoms with Crippen LogP contribution in [0.4, 0.5) is 0 Å². The van der Waals surface area contributed by atoms with Crippen molar-refractivity contribution in [1.29, 1.82) is 0 Å². The van der Waals surface area contributed by atoms with Gasteiger partial charge in [0.05, 0.1) is 5.41 Å². The second-order valence-electron chi connectivity index (χ2n) is 6.85. The highest BCUT2D eigenvalue weighted by Gasteiger charge is 2.55. The number of hydrogen-bond acceptors (Lipinski definition) is 3. The Hall–Kier alpha value is -1.59. The maximum atomic E-state index is 12.2. The quantitative estimate of drug-likeness (QED) is 0.870. The molecule has 5 nitrogen and oxygen atoms in total. The molecule has 0 unspecified atom stereocenters. The molecule has 132 valence electrons. The van der Waals surface area contributed by atoms with Gasteiger partial charge in [0.2, 0.25) is 5.91 Å². The molecule has 1 saturated heterocycles. The van der Waals surface area contributed by atoms with E-state index in [0.29, 0.717) is 38.4 Å². The third kappa shape index (κ3) is 3.28. The van der Waals surface area contributed by atoms with E-state index in [1.165, 1.54) is 5.56 Å². The Kier molecular flexibility index (Phi) is 5.88. The number of nitrogens with zero attached hydrogens (tertiary/aromatic N) is 1. The van der Waals surface area contributed by atoms with E-state index in [1.807, 2.05) is 18.2 Å². The summed E-state index contributed by atoms with van der Waals surface area (Å²) in [6.07, 6.45) is 2.64. The zero-order chi connectivity index (χ0) is 16.4. The molecule has 0 bridgehead atoms. The summed E-state index contributed by atoms with van der Waals surface area (Å²) in [6.45, 7) is 1.20. The number of carbonyl (C=O) groups excluding carboxylic acids is 1. The van der Waals surface area contributed by atoms with Gasteiger partial charge in [0.25, 0.3) is 0 Å². The molecule has 6 heteroatoms. The van der Waals surface area contributed by atoms with Crippen LogP contribution in [0.25, 0.3) is 0 Å². The molecule has 1 aromatic rings. The Morgan fingerprint density at radius 2 is 2.00 bits per heavy atom. The van der Waals surface area contributed by atoms with E-state index >= 15 is 0 Å². The van der Waals surface area contributed by atoms with Crippen LogP contribution in [0.2, 0.25) is 0 Å². The van der Waals surface area contributed by atoms with E-state index in [1.54, 1.807) is 4.90 Å². The number of nitrogens with two attached hydrogens (primary N) is 1. The molecule has 2 fully saturated rings. The third-order valence-corrected chi connectivity index (χ3v) is 5.61. The summed E-state index contributed by atoms with van der Waals surface area (Å²) in [7, 11) is 0. The molecule has 3 N–H and O–H groups in total. The average molecular weight is 353 g/mol. The number of halogens is 1. The molecule has 2 aliphatic rings. The summed E-state index contributed by atoms with van der Waals surface area (Å²) in [6, 6.07) is 10.3. The highest BCUT2D eigenvalue weighted by molar-refractivity contribution is 5.85. The van der Waals surface area contributed by atoms with Crippen LogP contribution in [0.3, 0.4) is 0 Å². The van der Waals surface area contributed by atoms with Gasteiger partial charge in [-0.2, -0.15) is 0 Å². The third-order valence-electron chi connectivity index (χ3n) is 5.61. The van der Waals surface area contributed by atoms with Crippen LogP contribution in [0.1, 0.15) is 37.2 Å². The largest absolute Gasteiger partial charge is 0.481 e. The normalized spacial score (nSPS) is 28.8. The maximum Gasteiger partial charge on any atom is 0.311 e. The van der Waals surface area contributed by atoms with Crippen molar-refractivity contribution < 1.29 is 14.7 Å². The van der Waals surface area contributed by atoms with Gasteiger partial charge in [-0.15, -0.1) is 12.4 Å². The van der Waals surface area contributed by atoms with Gasteiger partial charge in [-0.3, -0.25) is 9.59 Å². The van der Waals surface area contributed by atoms with E-state index in [-0.39, 0.29) is 24.2 Å². The van der Waals surface area contributed by atoms with Crippen molar-refractivity contribution >= 4 is 24.3 Å². The first kappa shape index (κ1) is 18.7. The molecule has 0 spiro atoms. The molecule has 1 aliphatic carbocycles. The Balaban J connectivity index is 0.00000208. The van der Waals surface area contributed by atoms with Crippen LogP contribution in [-0.4, -0.2) is 41.5 Å². The number of fused-ring (bicyclic) bond motifs is 1. The lowest BCUT2D eigenvalue weighted by atomic mass is 9.64. The van der Waals surface area contributed by atoms with Gasteiger partial charge in [0, 0.05) is 26.1 Å². The summed E-state index contributed by atoms with van der Waals surface area (Å²) in [5, 5.41) is 9.82. The molecule has 1 aliphatic heterocycles. The fourth-order valence-electron chi connectivity index (χ4n) is 4.30. The molecule has 3 atom stereocenters. The van der Waals surface area contributed by atoms with Crippen LogP contribution in [0, 0.1) is 11.3 Å². The smallest absolute Gasteiger partial charge is 0.311 e. The number of rotatable bonds is 4. The number of likely N-dealkylation sites (tertiary alicyclic amines) is 1. The lowest BCUT2D eigenvalue weighted by Gasteiger charge is -2.38. The van der Waals surface area contributed by atoms with Gasteiger partial charge in [-0.05, 0) is 36.7 Å². The summed E-state index contributed by atoms with van der Waals surface area (Å²) in [5.41, 5.74) is 5.98. The Bertz CT molecular complexity index is 595. The highest BCUT2D eigenvalue weighted by atomic mass is 35.5. The predicted molar refractivity (Wildman–Crippen MR) is 94.1 cm³/mol. The number of aliphatic carboxylic acids is 1. The molecule has 1 heterocycles. The van der Waals surface area contributed by atoms with Gasteiger partial charge in [-0.1, -0.05) is 30.3 Å². The fraction of sp³-hybridized carbons (Fsp3) is 0.556. The monoisotopic (exact) mass is 352 g/mol. The van der Waals surface area contributed by atoms with Gasteiger partial charge in [-0.25, -0.2) is 0 Å². The second kappa shape index (κ2) is 7.53. The van der Waals surface area contributed by atoms with Gasteiger partial charge in [0.15, 0.2) is 0 Å². The minimum absolute atomic E-state index is 0. The number of amides is 1. The number of carboxylic acids is 1. The molecule has 1 saturated carbocycles. The van der Waals surface area contributed by atoms with Gasteiger partial charge >= 0.3 is 5.97 Å². The summed E-state index contributed by atoms with van der Waals surface area (Å²) in [4.78, 5) is 25.8. The van der Waals surface area contributed by atoms with Gasteiger partial charge < -0.3 is 15.7 Å². The molecule has 0 aromatic heterocycles. The SMILES string of the molecule is Cl.NCCC(=O)N1C[C@@H]2C[C@@H](c3ccccc3)CC[C@]2(C(=O)O)C1. The topological polar surface area (TPSA) is 83.6 Å². The number of carboxylic acid groups (broad SMARTS) is 1. The summed E-state index contributed by atoms with van der Waals surface area (Å²) < 4.78 is 0. The fourth-order valence-corrected chi connectivity index (χ4v) is 4.30. The zero-order valence-electron chi connectivity index (χ0n) is 13.7. The number of carbonyl (C=O) groups is 2. The first-order chi connectivity index (χ1) is 11.1. The van der Waals surface area contributed by atoms with Crippen molar-refractivity contribution in [3.8, 4) is 0 Å². The maximum absolute atomic E-state index is 12.2. The van der Waals surface area contributed by atoms with Crippen LogP contribution in [0.15, 0.2) is 30.3 Å². The van der Waals surface area contributed by atoms with E-state index in [2.05, 4.69) is 12.1 Å². The van der Waals surface area contributed by atoms with Crippen LogP contribution in [-0.2, 0) is 9.59 Å². The minimum atomic E-state index is -0.768. The first-order valence-electron chi connectivity index (χ1n) is 8.33. The number of hydrogen-bond donors (Lipinski definition) is 2. The molecule has 0 radical (unpaired) electrons. The highest BCUT2D eigenvalue weighted by Crippen LogP contribution is 2.51. The van der Waals surface area contributed by atoms with Crippen LogP contribution in [0.5, 0.6) is 0 Å². The minimum Gasteiger partial charge on any atom is -0.481 e. The van der Waals surface area contributed by atoms with E-state index < -0.39 is 11.4 Å².